The predicted molar refractivity (Wildman–Crippen MR) is 355 cm³/mol. The molecule has 0 unspecified atom stereocenters. The average molecular weight is 1090 g/mol. The highest BCUT2D eigenvalue weighted by molar-refractivity contribution is 7.02. The van der Waals surface area contributed by atoms with Crippen LogP contribution in [0.4, 0.5) is 56.9 Å². The zero-order chi connectivity index (χ0) is 55.8. The number of nitrogens with zero attached hydrogens (tertiary/aromatic N) is 4. The van der Waals surface area contributed by atoms with E-state index in [-0.39, 0.29) is 18.8 Å². The molecule has 10 aliphatic rings. The number of benzene rings is 11. The molecule has 2 saturated heterocycles. The lowest BCUT2D eigenvalue weighted by Gasteiger charge is -2.57. The van der Waals surface area contributed by atoms with Gasteiger partial charge in [0, 0.05) is 91.9 Å². The van der Waals surface area contributed by atoms with E-state index in [1.165, 1.54) is 138 Å². The minimum atomic E-state index is -0.369. The molecular weight excluding hydrogens is 1030 g/mol. The van der Waals surface area contributed by atoms with Crippen LogP contribution in [0.25, 0.3) is 33.4 Å². The number of anilines is 10. The van der Waals surface area contributed by atoms with Gasteiger partial charge in [-0.15, -0.1) is 0 Å². The maximum atomic E-state index is 7.88. The minimum Gasteiger partial charge on any atom is -0.458 e. The molecule has 0 spiro atoms. The summed E-state index contributed by atoms with van der Waals surface area (Å²) in [6.07, 6.45) is 6.57. The minimum absolute atomic E-state index is 0.0945. The number of fused-ring (bicyclic) bond motifs is 10. The highest BCUT2D eigenvalue weighted by Gasteiger charge is 2.51. The third-order valence-corrected chi connectivity index (χ3v) is 21.1. The van der Waals surface area contributed by atoms with Gasteiger partial charge in [-0.2, -0.15) is 0 Å². The normalized spacial score (nSPS) is 19.7. The summed E-state index contributed by atoms with van der Waals surface area (Å²) < 4.78 is 7.88. The molecule has 21 rings (SSSR count). The van der Waals surface area contributed by atoms with Crippen molar-refractivity contribution in [3.8, 4) is 44.9 Å². The van der Waals surface area contributed by atoms with E-state index in [0.717, 1.165) is 51.6 Å². The van der Waals surface area contributed by atoms with Crippen LogP contribution in [0.1, 0.15) is 57.1 Å². The Morgan fingerprint density at radius 1 is 0.353 bits per heavy atom. The molecule has 0 atom stereocenters. The zero-order valence-corrected chi connectivity index (χ0v) is 47.8. The Kier molecular flexibility index (Phi) is 10.0. The standard InChI is InChI=1S/C78H60B2N4O/c1-78(2)54-33-31-52(32-34-54)62-41-53(50-19-7-3-8-20-50)40-61(51-21-9-4-10-22-51)77(62)84-69-47-73-66(46-65(69)79-63-27-15-17-29-67(63)82(56-23-11-5-12-24-56)70-42-55(78)43-71(84)75(70)79)80-64-28-16-18-30-68(64)83(57-25-13-6-14-26-57)72-44-60(45-74(85-73)76(72)80)81-58-36-48-35-49(38-58)39-59(81)37-48/h3-34,40-49,58-59H,35-39H2,1-2H3. The van der Waals surface area contributed by atoms with Crippen LogP contribution in [0.2, 0.25) is 0 Å². The van der Waals surface area contributed by atoms with Crippen molar-refractivity contribution in [2.45, 2.75) is 63.5 Å². The second kappa shape index (κ2) is 17.8. The third kappa shape index (κ3) is 6.90. The first-order valence-electron chi connectivity index (χ1n) is 31.0. The second-order valence-electron chi connectivity index (χ2n) is 26.0. The molecule has 404 valence electrons. The van der Waals surface area contributed by atoms with E-state index in [1.54, 1.807) is 0 Å². The molecular formula is C78H60B2N4O. The van der Waals surface area contributed by atoms with Gasteiger partial charge in [-0.1, -0.05) is 178 Å². The van der Waals surface area contributed by atoms with Crippen LogP contribution >= 0.6 is 0 Å². The van der Waals surface area contributed by atoms with E-state index >= 15 is 0 Å². The van der Waals surface area contributed by atoms with Crippen molar-refractivity contribution in [3.05, 3.63) is 254 Å². The largest absolute Gasteiger partial charge is 0.458 e. The lowest BCUT2D eigenvalue weighted by atomic mass is 9.30. The van der Waals surface area contributed by atoms with Gasteiger partial charge in [-0.25, -0.2) is 0 Å². The third-order valence-electron chi connectivity index (χ3n) is 21.1. The summed E-state index contributed by atoms with van der Waals surface area (Å²) in [7, 11) is 0. The quantitative estimate of drug-likeness (QED) is 0.160. The van der Waals surface area contributed by atoms with E-state index < -0.39 is 0 Å². The molecule has 0 radical (unpaired) electrons. The van der Waals surface area contributed by atoms with E-state index in [4.69, 9.17) is 4.74 Å². The molecule has 4 fully saturated rings. The van der Waals surface area contributed by atoms with Crippen LogP contribution < -0.4 is 57.1 Å². The Morgan fingerprint density at radius 2 is 0.859 bits per heavy atom. The van der Waals surface area contributed by atoms with Crippen molar-refractivity contribution in [3.63, 3.8) is 0 Å². The van der Waals surface area contributed by atoms with Gasteiger partial charge in [0.25, 0.3) is 13.4 Å². The maximum absolute atomic E-state index is 7.88. The molecule has 8 heterocycles. The molecule has 2 aliphatic carbocycles. The van der Waals surface area contributed by atoms with Crippen LogP contribution in [-0.4, -0.2) is 25.5 Å². The van der Waals surface area contributed by atoms with Crippen LogP contribution in [0.15, 0.2) is 243 Å². The Balaban J connectivity index is 0.933. The zero-order valence-electron chi connectivity index (χ0n) is 47.8. The topological polar surface area (TPSA) is 22.2 Å². The van der Waals surface area contributed by atoms with Crippen molar-refractivity contribution in [2.75, 3.05) is 19.6 Å². The van der Waals surface area contributed by atoms with Crippen LogP contribution in [0.3, 0.4) is 0 Å². The first-order valence-corrected chi connectivity index (χ1v) is 31.0. The van der Waals surface area contributed by atoms with E-state index in [1.807, 2.05) is 0 Å². The average Bonchev–Trinajstić information content (AvgIpc) is 1.48. The summed E-state index contributed by atoms with van der Waals surface area (Å²) in [6.45, 7) is 4.62. The summed E-state index contributed by atoms with van der Waals surface area (Å²) in [5, 5.41) is 0. The van der Waals surface area contributed by atoms with Crippen LogP contribution in [0.5, 0.6) is 11.5 Å². The number of para-hydroxylation sites is 4. The van der Waals surface area contributed by atoms with Crippen LogP contribution in [-0.2, 0) is 5.41 Å². The molecule has 11 aromatic rings. The molecule has 7 heteroatoms. The van der Waals surface area contributed by atoms with Gasteiger partial charge in [0.05, 0.1) is 5.69 Å². The first-order chi connectivity index (χ1) is 41.9. The molecule has 8 aliphatic heterocycles. The number of piperidine rings is 2. The summed E-state index contributed by atoms with van der Waals surface area (Å²) in [6, 6.07) is 93.5. The first kappa shape index (κ1) is 48.0. The van der Waals surface area contributed by atoms with Crippen molar-refractivity contribution in [1.29, 1.82) is 0 Å². The van der Waals surface area contributed by atoms with Crippen molar-refractivity contribution < 1.29 is 4.74 Å². The summed E-state index contributed by atoms with van der Waals surface area (Å²) in [5.41, 5.74) is 28.8. The smallest absolute Gasteiger partial charge is 0.256 e. The second-order valence-corrected chi connectivity index (χ2v) is 26.0. The number of hydrogen-bond donors (Lipinski definition) is 0. The molecule has 5 nitrogen and oxygen atoms in total. The molecule has 8 bridgehead atoms. The molecule has 2 saturated carbocycles. The highest BCUT2D eigenvalue weighted by Crippen LogP contribution is 2.56. The number of rotatable bonds is 5. The van der Waals surface area contributed by atoms with Gasteiger partial charge in [-0.05, 0) is 177 Å². The van der Waals surface area contributed by atoms with E-state index in [0.29, 0.717) is 12.1 Å². The fourth-order valence-electron chi connectivity index (χ4n) is 17.5. The van der Waals surface area contributed by atoms with Gasteiger partial charge < -0.3 is 24.3 Å². The van der Waals surface area contributed by atoms with Crippen molar-refractivity contribution >= 4 is 103 Å². The monoisotopic (exact) mass is 1090 g/mol. The molecule has 85 heavy (non-hydrogen) atoms. The van der Waals surface area contributed by atoms with Crippen LogP contribution in [0, 0.1) is 11.8 Å². The Morgan fingerprint density at radius 3 is 1.46 bits per heavy atom. The SMILES string of the molecule is CC1(C)c2ccc(cc2)-c2cc(-c3ccccc3)cc(-c3ccccc3)c2N2c3cc4c(cc3B3c5ccccc5N(c5ccccc5)c5cc1cc2c53)B1c2ccccc2N(c2ccccc2)c2cc(N3C5CC6CC(C5)CC3C6)cc(c21)O4. The van der Waals surface area contributed by atoms with E-state index in [9.17, 15) is 0 Å². The van der Waals surface area contributed by atoms with Gasteiger partial charge in [-0.3, -0.25) is 0 Å². The highest BCUT2D eigenvalue weighted by atomic mass is 16.5. The van der Waals surface area contributed by atoms with Gasteiger partial charge in [0.2, 0.25) is 0 Å². The fourth-order valence-corrected chi connectivity index (χ4v) is 17.5. The van der Waals surface area contributed by atoms with Crippen molar-refractivity contribution in [1.82, 2.24) is 0 Å². The predicted octanol–water partition coefficient (Wildman–Crippen LogP) is 15.6. The maximum Gasteiger partial charge on any atom is 0.256 e. The lowest BCUT2D eigenvalue weighted by molar-refractivity contribution is 0.0900. The Labute approximate surface area is 498 Å². The molecule has 0 aromatic heterocycles. The molecule has 11 aromatic carbocycles. The van der Waals surface area contributed by atoms with Crippen molar-refractivity contribution in [2.24, 2.45) is 11.8 Å². The van der Waals surface area contributed by atoms with Gasteiger partial charge in [0.15, 0.2) is 0 Å². The molecule has 0 N–H and O–H groups in total. The fraction of sp³-hybridized carbons (Fsp3) is 0.154. The summed E-state index contributed by atoms with van der Waals surface area (Å²) in [4.78, 5) is 10.7. The molecule has 0 amide bonds. The number of hydrogen-bond acceptors (Lipinski definition) is 5. The van der Waals surface area contributed by atoms with Gasteiger partial charge >= 0.3 is 0 Å². The number of ether oxygens (including phenoxy) is 1. The summed E-state index contributed by atoms with van der Waals surface area (Å²) >= 11 is 0. The Bertz CT molecular complexity index is 4560. The summed E-state index contributed by atoms with van der Waals surface area (Å²) in [5.74, 6) is 3.58. The Hall–Kier alpha value is -9.45. The van der Waals surface area contributed by atoms with E-state index in [2.05, 4.69) is 276 Å². The van der Waals surface area contributed by atoms with Gasteiger partial charge in [0.1, 0.15) is 11.5 Å². The lowest BCUT2D eigenvalue weighted by Crippen LogP contribution is -2.64.